The van der Waals surface area contributed by atoms with Crippen LogP contribution in [0.25, 0.3) is 0 Å². The summed E-state index contributed by atoms with van der Waals surface area (Å²) < 4.78 is 10.7. The van der Waals surface area contributed by atoms with E-state index in [-0.39, 0.29) is 0 Å². The summed E-state index contributed by atoms with van der Waals surface area (Å²) in [5.74, 6) is 1.09. The van der Waals surface area contributed by atoms with E-state index in [1.807, 2.05) is 11.8 Å². The van der Waals surface area contributed by atoms with Gasteiger partial charge in [-0.3, -0.25) is 0 Å². The van der Waals surface area contributed by atoms with Gasteiger partial charge in [-0.25, -0.2) is 0 Å². The molecular formula is C11H24O2S. The molecule has 3 heteroatoms. The molecule has 0 bridgehead atoms. The molecule has 0 unspecified atom stereocenters. The van der Waals surface area contributed by atoms with E-state index in [2.05, 4.69) is 20.8 Å². The maximum atomic E-state index is 5.41. The van der Waals surface area contributed by atoms with Crippen LogP contribution in [0.15, 0.2) is 0 Å². The normalized spacial score (nSPS) is 12.0. The number of thioether (sulfide) groups is 1. The highest BCUT2D eigenvalue weighted by molar-refractivity contribution is 8.00. The molecule has 0 heterocycles. The first-order valence-electron chi connectivity index (χ1n) is 5.39. The lowest BCUT2D eigenvalue weighted by Gasteiger charge is -2.25. The predicted octanol–water partition coefficient (Wildman–Crippen LogP) is 2.96. The third kappa shape index (κ3) is 6.68. The summed E-state index contributed by atoms with van der Waals surface area (Å²) in [7, 11) is 1.70. The Morgan fingerprint density at radius 2 is 1.71 bits per heavy atom. The van der Waals surface area contributed by atoms with Gasteiger partial charge in [0.05, 0.1) is 19.8 Å². The second kappa shape index (κ2) is 8.57. The molecule has 0 aliphatic carbocycles. The largest absolute Gasteiger partial charge is 0.382 e. The first kappa shape index (κ1) is 14.3. The molecule has 0 aromatic rings. The quantitative estimate of drug-likeness (QED) is 0.557. The summed E-state index contributed by atoms with van der Waals surface area (Å²) in [6.45, 7) is 9.08. The van der Waals surface area contributed by atoms with Gasteiger partial charge in [-0.2, -0.15) is 11.8 Å². The summed E-state index contributed by atoms with van der Waals surface area (Å²) >= 11 is 2.02. The number of hydrogen-bond acceptors (Lipinski definition) is 3. The molecule has 0 aliphatic rings. The van der Waals surface area contributed by atoms with Gasteiger partial charge < -0.3 is 9.47 Å². The highest BCUT2D eigenvalue weighted by Gasteiger charge is 2.19. The van der Waals surface area contributed by atoms with Crippen LogP contribution in [0.5, 0.6) is 0 Å². The summed E-state index contributed by atoms with van der Waals surface area (Å²) in [5.41, 5.74) is 0. The number of ether oxygens (including phenoxy) is 2. The van der Waals surface area contributed by atoms with Gasteiger partial charge in [0.15, 0.2) is 0 Å². The Kier molecular flexibility index (Phi) is 8.73. The van der Waals surface area contributed by atoms with Crippen LogP contribution in [-0.4, -0.2) is 37.4 Å². The van der Waals surface area contributed by atoms with Crippen LogP contribution in [0.4, 0.5) is 0 Å². The summed E-state index contributed by atoms with van der Waals surface area (Å²) in [6.07, 6.45) is 2.46. The van der Waals surface area contributed by atoms with Gasteiger partial charge in [0.2, 0.25) is 0 Å². The van der Waals surface area contributed by atoms with Crippen molar-refractivity contribution in [1.82, 2.24) is 0 Å². The van der Waals surface area contributed by atoms with Crippen LogP contribution in [0.2, 0.25) is 0 Å². The molecule has 0 N–H and O–H groups in total. The number of hydrogen-bond donors (Lipinski definition) is 0. The second-order valence-corrected chi connectivity index (χ2v) is 5.29. The van der Waals surface area contributed by atoms with Crippen molar-refractivity contribution in [2.45, 2.75) is 38.4 Å². The minimum absolute atomic E-state index is 0.435. The Morgan fingerprint density at radius 3 is 2.21 bits per heavy atom. The Hall–Kier alpha value is 0.270. The third-order valence-corrected chi connectivity index (χ3v) is 4.25. The Morgan fingerprint density at radius 1 is 1.07 bits per heavy atom. The standard InChI is InChI=1S/C11H24O2S/c1-5-11(3,6-2)14-10-9-13-8-7-12-4/h5-10H2,1-4H3. The molecule has 0 atom stereocenters. The zero-order chi connectivity index (χ0) is 10.9. The van der Waals surface area contributed by atoms with Crippen molar-refractivity contribution in [3.05, 3.63) is 0 Å². The fourth-order valence-electron chi connectivity index (χ4n) is 1.05. The molecule has 0 fully saturated rings. The van der Waals surface area contributed by atoms with Crippen molar-refractivity contribution in [2.75, 3.05) is 32.7 Å². The topological polar surface area (TPSA) is 18.5 Å². The van der Waals surface area contributed by atoms with Crippen molar-refractivity contribution in [3.8, 4) is 0 Å². The minimum Gasteiger partial charge on any atom is -0.382 e. The van der Waals surface area contributed by atoms with E-state index in [0.717, 1.165) is 12.4 Å². The summed E-state index contributed by atoms with van der Waals surface area (Å²) in [6, 6.07) is 0. The maximum Gasteiger partial charge on any atom is 0.0700 e. The fourth-order valence-corrected chi connectivity index (χ4v) is 2.15. The van der Waals surface area contributed by atoms with Gasteiger partial charge in [0, 0.05) is 17.6 Å². The van der Waals surface area contributed by atoms with Crippen molar-refractivity contribution in [2.24, 2.45) is 0 Å². The highest BCUT2D eigenvalue weighted by Crippen LogP contribution is 2.31. The lowest BCUT2D eigenvalue weighted by molar-refractivity contribution is 0.0789. The maximum absolute atomic E-state index is 5.41. The van der Waals surface area contributed by atoms with E-state index in [4.69, 9.17) is 9.47 Å². The lowest BCUT2D eigenvalue weighted by Crippen LogP contribution is -2.19. The van der Waals surface area contributed by atoms with Crippen LogP contribution >= 0.6 is 11.8 Å². The van der Waals surface area contributed by atoms with Crippen molar-refractivity contribution in [1.29, 1.82) is 0 Å². The van der Waals surface area contributed by atoms with Gasteiger partial charge in [0.1, 0.15) is 0 Å². The SMILES string of the molecule is CCC(C)(CC)SCCOCCOC. The van der Waals surface area contributed by atoms with Crippen molar-refractivity contribution < 1.29 is 9.47 Å². The van der Waals surface area contributed by atoms with Crippen LogP contribution in [0, 0.1) is 0 Å². The van der Waals surface area contributed by atoms with E-state index in [1.54, 1.807) is 7.11 Å². The molecule has 14 heavy (non-hydrogen) atoms. The molecule has 0 saturated carbocycles. The second-order valence-electron chi connectivity index (χ2n) is 3.61. The molecule has 0 aromatic carbocycles. The molecule has 2 nitrogen and oxygen atoms in total. The van der Waals surface area contributed by atoms with Crippen molar-refractivity contribution >= 4 is 11.8 Å². The van der Waals surface area contributed by atoms with Crippen LogP contribution in [0.1, 0.15) is 33.6 Å². The molecule has 0 saturated heterocycles. The molecule has 0 aliphatic heterocycles. The number of methoxy groups -OCH3 is 1. The van der Waals surface area contributed by atoms with Gasteiger partial charge in [0.25, 0.3) is 0 Å². The first-order valence-corrected chi connectivity index (χ1v) is 6.37. The summed E-state index contributed by atoms with van der Waals surface area (Å²) in [4.78, 5) is 0. The Labute approximate surface area is 92.7 Å². The smallest absolute Gasteiger partial charge is 0.0700 e. The van der Waals surface area contributed by atoms with Gasteiger partial charge >= 0.3 is 0 Å². The van der Waals surface area contributed by atoms with E-state index in [9.17, 15) is 0 Å². The van der Waals surface area contributed by atoms with Crippen LogP contribution < -0.4 is 0 Å². The van der Waals surface area contributed by atoms with Gasteiger partial charge in [-0.1, -0.05) is 20.8 Å². The molecule has 0 spiro atoms. The van der Waals surface area contributed by atoms with Gasteiger partial charge in [-0.05, 0) is 12.8 Å². The van der Waals surface area contributed by atoms with E-state index >= 15 is 0 Å². The van der Waals surface area contributed by atoms with E-state index in [1.165, 1.54) is 12.8 Å². The molecule has 0 amide bonds. The van der Waals surface area contributed by atoms with Crippen molar-refractivity contribution in [3.63, 3.8) is 0 Å². The van der Waals surface area contributed by atoms with E-state index < -0.39 is 0 Å². The van der Waals surface area contributed by atoms with E-state index in [0.29, 0.717) is 18.0 Å². The fraction of sp³-hybridized carbons (Fsp3) is 1.00. The predicted molar refractivity (Wildman–Crippen MR) is 64.1 cm³/mol. The lowest BCUT2D eigenvalue weighted by atomic mass is 10.1. The molecular weight excluding hydrogens is 196 g/mol. The molecule has 0 radical (unpaired) electrons. The Balaban J connectivity index is 3.34. The highest BCUT2D eigenvalue weighted by atomic mass is 32.2. The average molecular weight is 220 g/mol. The third-order valence-electron chi connectivity index (χ3n) is 2.61. The zero-order valence-electron chi connectivity index (χ0n) is 9.97. The Bertz CT molecular complexity index is 124. The summed E-state index contributed by atoms with van der Waals surface area (Å²) in [5, 5.41) is 0. The number of rotatable bonds is 9. The average Bonchev–Trinajstić information content (AvgIpc) is 2.23. The van der Waals surface area contributed by atoms with Crippen LogP contribution in [0.3, 0.4) is 0 Å². The van der Waals surface area contributed by atoms with Gasteiger partial charge in [-0.15, -0.1) is 0 Å². The molecule has 0 aromatic heterocycles. The molecule has 86 valence electrons. The monoisotopic (exact) mass is 220 g/mol. The first-order chi connectivity index (χ1) is 6.68. The zero-order valence-corrected chi connectivity index (χ0v) is 10.8. The molecule has 0 rings (SSSR count). The minimum atomic E-state index is 0.435. The van der Waals surface area contributed by atoms with Crippen LogP contribution in [-0.2, 0) is 9.47 Å².